The molecule has 13 heavy (non-hydrogen) atoms. The molecule has 1 rings (SSSR count). The van der Waals surface area contributed by atoms with Crippen LogP contribution in [0.25, 0.3) is 0 Å². The molecule has 1 heteroatoms. The number of unbranched alkanes of at least 4 members (excludes halogenated alkanes) is 1. The molecule has 0 N–H and O–H groups in total. The summed E-state index contributed by atoms with van der Waals surface area (Å²) < 4.78 is 0. The number of benzene rings is 1. The van der Waals surface area contributed by atoms with E-state index < -0.39 is 0 Å². The molecule has 0 amide bonds. The van der Waals surface area contributed by atoms with Crippen molar-refractivity contribution in [3.8, 4) is 10.7 Å². The molecule has 0 radical (unpaired) electrons. The van der Waals surface area contributed by atoms with E-state index in [1.807, 2.05) is 18.2 Å². The van der Waals surface area contributed by atoms with E-state index in [-0.39, 0.29) is 0 Å². The second-order valence-electron chi connectivity index (χ2n) is 2.80. The Kier molecular flexibility index (Phi) is 5.41. The van der Waals surface area contributed by atoms with Gasteiger partial charge in [-0.1, -0.05) is 0 Å². The summed E-state index contributed by atoms with van der Waals surface area (Å²) in [5.41, 5.74) is 1.14. The summed E-state index contributed by atoms with van der Waals surface area (Å²) in [7, 11) is 0. The summed E-state index contributed by atoms with van der Waals surface area (Å²) in [6.07, 6.45) is 2.61. The molecule has 0 aliphatic carbocycles. The SMILES string of the molecule is CCCC[Se]C#Cc1ccccc1. The molecule has 0 nitrogen and oxygen atoms in total. The summed E-state index contributed by atoms with van der Waals surface area (Å²) in [5, 5.41) is 1.29. The monoisotopic (exact) mass is 238 g/mol. The maximum atomic E-state index is 3.25. The van der Waals surface area contributed by atoms with Crippen molar-refractivity contribution in [1.82, 2.24) is 0 Å². The fourth-order valence-electron chi connectivity index (χ4n) is 0.884. The normalized spacial score (nSPS) is 9.00. The summed E-state index contributed by atoms with van der Waals surface area (Å²) in [4.78, 5) is 3.25. The van der Waals surface area contributed by atoms with Crippen LogP contribution in [0.1, 0.15) is 25.3 Å². The zero-order valence-corrected chi connectivity index (χ0v) is 9.63. The molecule has 0 aliphatic rings. The van der Waals surface area contributed by atoms with E-state index in [2.05, 4.69) is 29.8 Å². The Morgan fingerprint density at radius 2 is 2.00 bits per heavy atom. The first-order valence-electron chi connectivity index (χ1n) is 4.61. The van der Waals surface area contributed by atoms with Gasteiger partial charge in [0.15, 0.2) is 0 Å². The Labute approximate surface area is 86.9 Å². The number of rotatable bonds is 3. The van der Waals surface area contributed by atoms with Crippen LogP contribution in [0, 0.1) is 10.7 Å². The predicted octanol–water partition coefficient (Wildman–Crippen LogP) is 2.92. The van der Waals surface area contributed by atoms with E-state index in [0.717, 1.165) is 5.56 Å². The molecule has 0 saturated carbocycles. The molecule has 0 aliphatic heterocycles. The van der Waals surface area contributed by atoms with Gasteiger partial charge in [-0.25, -0.2) is 0 Å². The Balaban J connectivity index is 2.31. The third-order valence-electron chi connectivity index (χ3n) is 1.64. The van der Waals surface area contributed by atoms with Gasteiger partial charge < -0.3 is 0 Å². The molecule has 0 saturated heterocycles. The van der Waals surface area contributed by atoms with Crippen LogP contribution < -0.4 is 0 Å². The van der Waals surface area contributed by atoms with Gasteiger partial charge in [-0.2, -0.15) is 0 Å². The van der Waals surface area contributed by atoms with E-state index in [1.165, 1.54) is 18.2 Å². The van der Waals surface area contributed by atoms with Gasteiger partial charge in [0.05, 0.1) is 0 Å². The molecule has 1 aromatic carbocycles. The van der Waals surface area contributed by atoms with Crippen molar-refractivity contribution in [1.29, 1.82) is 0 Å². The predicted molar refractivity (Wildman–Crippen MR) is 58.8 cm³/mol. The maximum absolute atomic E-state index is 3.25. The molecule has 0 atom stereocenters. The molecule has 68 valence electrons. The zero-order chi connectivity index (χ0) is 9.36. The van der Waals surface area contributed by atoms with Crippen molar-refractivity contribution >= 4 is 15.0 Å². The van der Waals surface area contributed by atoms with Crippen molar-refractivity contribution in [3.63, 3.8) is 0 Å². The summed E-state index contributed by atoms with van der Waals surface area (Å²) in [6, 6.07) is 10.2. The molecule has 0 spiro atoms. The first-order valence-corrected chi connectivity index (χ1v) is 6.68. The van der Waals surface area contributed by atoms with E-state index in [4.69, 9.17) is 0 Å². The van der Waals surface area contributed by atoms with Crippen molar-refractivity contribution in [3.05, 3.63) is 35.9 Å². The Bertz CT molecular complexity index is 279. The Morgan fingerprint density at radius 3 is 2.69 bits per heavy atom. The third-order valence-corrected chi connectivity index (χ3v) is 3.19. The summed E-state index contributed by atoms with van der Waals surface area (Å²) in [5.74, 6) is 3.18. The number of hydrogen-bond donors (Lipinski definition) is 0. The van der Waals surface area contributed by atoms with Crippen molar-refractivity contribution in [2.75, 3.05) is 0 Å². The fourth-order valence-corrected chi connectivity index (χ4v) is 2.41. The van der Waals surface area contributed by atoms with E-state index >= 15 is 0 Å². The standard InChI is InChI=1S/C12H14Se/c1-2-3-10-13-11-9-12-7-5-4-6-8-12/h4-8H,2-3,10H2,1H3. The van der Waals surface area contributed by atoms with Gasteiger partial charge in [-0.05, 0) is 0 Å². The van der Waals surface area contributed by atoms with Crippen molar-refractivity contribution in [2.24, 2.45) is 0 Å². The van der Waals surface area contributed by atoms with Crippen LogP contribution in [0.15, 0.2) is 30.3 Å². The molecule has 0 fully saturated rings. The molecule has 0 aromatic heterocycles. The van der Waals surface area contributed by atoms with Crippen LogP contribution >= 0.6 is 0 Å². The van der Waals surface area contributed by atoms with Gasteiger partial charge >= 0.3 is 86.7 Å². The Morgan fingerprint density at radius 1 is 1.23 bits per heavy atom. The van der Waals surface area contributed by atoms with Crippen LogP contribution in [0.3, 0.4) is 0 Å². The number of hydrogen-bond acceptors (Lipinski definition) is 0. The van der Waals surface area contributed by atoms with Gasteiger partial charge in [0.2, 0.25) is 0 Å². The summed E-state index contributed by atoms with van der Waals surface area (Å²) >= 11 is 0.520. The molecular formula is C12H14Se. The topological polar surface area (TPSA) is 0 Å². The minimum atomic E-state index is 0.520. The second-order valence-corrected chi connectivity index (χ2v) is 4.69. The van der Waals surface area contributed by atoms with E-state index in [9.17, 15) is 0 Å². The van der Waals surface area contributed by atoms with Gasteiger partial charge in [0.25, 0.3) is 0 Å². The molecule has 0 bridgehead atoms. The summed E-state index contributed by atoms with van der Waals surface area (Å²) in [6.45, 7) is 2.22. The molecule has 1 aromatic rings. The van der Waals surface area contributed by atoms with Gasteiger partial charge in [-0.3, -0.25) is 0 Å². The minimum absolute atomic E-state index is 0.520. The molecule has 0 heterocycles. The van der Waals surface area contributed by atoms with Gasteiger partial charge in [0, 0.05) is 0 Å². The fraction of sp³-hybridized carbons (Fsp3) is 0.333. The second kappa shape index (κ2) is 6.78. The van der Waals surface area contributed by atoms with Crippen molar-refractivity contribution in [2.45, 2.75) is 25.1 Å². The van der Waals surface area contributed by atoms with Gasteiger partial charge in [0.1, 0.15) is 0 Å². The van der Waals surface area contributed by atoms with Crippen molar-refractivity contribution < 1.29 is 0 Å². The average Bonchev–Trinajstić information content (AvgIpc) is 2.19. The Hall–Kier alpha value is -0.701. The molecular weight excluding hydrogens is 223 g/mol. The van der Waals surface area contributed by atoms with Gasteiger partial charge in [-0.15, -0.1) is 0 Å². The van der Waals surface area contributed by atoms with Crippen LogP contribution in [-0.4, -0.2) is 15.0 Å². The van der Waals surface area contributed by atoms with E-state index in [0.29, 0.717) is 15.0 Å². The third kappa shape index (κ3) is 4.78. The van der Waals surface area contributed by atoms with E-state index in [1.54, 1.807) is 0 Å². The molecule has 0 unspecified atom stereocenters. The first kappa shape index (κ1) is 10.4. The van der Waals surface area contributed by atoms with Crippen LogP contribution in [0.5, 0.6) is 0 Å². The average molecular weight is 237 g/mol. The first-order chi connectivity index (χ1) is 6.43. The zero-order valence-electron chi connectivity index (χ0n) is 7.92. The van der Waals surface area contributed by atoms with Crippen LogP contribution in [0.4, 0.5) is 0 Å². The quantitative estimate of drug-likeness (QED) is 0.431. The van der Waals surface area contributed by atoms with Crippen LogP contribution in [-0.2, 0) is 0 Å². The van der Waals surface area contributed by atoms with Crippen LogP contribution in [0.2, 0.25) is 5.32 Å².